The number of allylic oxidation sites excluding steroid dienone is 2. The lowest BCUT2D eigenvalue weighted by atomic mass is 9.49. The summed E-state index contributed by atoms with van der Waals surface area (Å²) in [6.45, 7) is 0. The highest BCUT2D eigenvalue weighted by Crippen LogP contribution is 2.61. The molecule has 5 aliphatic carbocycles. The fourth-order valence-electron chi connectivity index (χ4n) is 7.32. The minimum atomic E-state index is 0.529. The van der Waals surface area contributed by atoms with E-state index in [-0.39, 0.29) is 0 Å². The van der Waals surface area contributed by atoms with Crippen LogP contribution >= 0.6 is 0 Å². The van der Waals surface area contributed by atoms with Crippen LogP contribution < -0.4 is 4.74 Å². The molecule has 5 aliphatic rings. The third-order valence-corrected chi connectivity index (χ3v) is 8.02. The first-order valence-corrected chi connectivity index (χ1v) is 11.1. The van der Waals surface area contributed by atoms with Crippen LogP contribution in [0.2, 0.25) is 0 Å². The molecular formula is C25H34O. The Balaban J connectivity index is 1.51. The Kier molecular flexibility index (Phi) is 4.38. The number of hydrogen-bond acceptors (Lipinski definition) is 1. The molecule has 5 saturated carbocycles. The highest BCUT2D eigenvalue weighted by molar-refractivity contribution is 5.69. The number of hydrogen-bond donors (Lipinski definition) is 0. The lowest BCUT2D eigenvalue weighted by Gasteiger charge is -2.56. The van der Waals surface area contributed by atoms with Gasteiger partial charge in [0.2, 0.25) is 0 Å². The van der Waals surface area contributed by atoms with E-state index in [0.717, 1.165) is 29.4 Å². The molecule has 0 radical (unpaired) electrons. The van der Waals surface area contributed by atoms with Crippen LogP contribution in [0.1, 0.15) is 76.2 Å². The zero-order valence-electron chi connectivity index (χ0n) is 16.4. The summed E-state index contributed by atoms with van der Waals surface area (Å²) < 4.78 is 5.41. The van der Waals surface area contributed by atoms with Crippen LogP contribution in [-0.4, -0.2) is 7.11 Å². The first kappa shape index (κ1) is 16.9. The molecule has 26 heavy (non-hydrogen) atoms. The van der Waals surface area contributed by atoms with Crippen molar-refractivity contribution in [2.45, 2.75) is 70.6 Å². The van der Waals surface area contributed by atoms with Gasteiger partial charge in [-0.1, -0.05) is 37.5 Å². The van der Waals surface area contributed by atoms with Crippen LogP contribution in [0.25, 0.3) is 5.57 Å². The predicted molar refractivity (Wildman–Crippen MR) is 108 cm³/mol. The zero-order chi connectivity index (χ0) is 17.6. The minimum Gasteiger partial charge on any atom is -0.497 e. The fraction of sp³-hybridized carbons (Fsp3) is 0.680. The van der Waals surface area contributed by atoms with Crippen molar-refractivity contribution in [1.29, 1.82) is 0 Å². The molecular weight excluding hydrogens is 316 g/mol. The first-order chi connectivity index (χ1) is 12.7. The summed E-state index contributed by atoms with van der Waals surface area (Å²) in [6.07, 6.45) is 18.9. The Labute approximate surface area is 159 Å². The predicted octanol–water partition coefficient (Wildman–Crippen LogP) is 6.88. The Hall–Kier alpha value is -1.24. The van der Waals surface area contributed by atoms with E-state index in [1.807, 2.05) is 0 Å². The Morgan fingerprint density at radius 1 is 0.885 bits per heavy atom. The van der Waals surface area contributed by atoms with Crippen molar-refractivity contribution < 1.29 is 4.74 Å². The van der Waals surface area contributed by atoms with Gasteiger partial charge in [0.25, 0.3) is 0 Å². The maximum Gasteiger partial charge on any atom is 0.118 e. The first-order valence-electron chi connectivity index (χ1n) is 11.1. The fourth-order valence-corrected chi connectivity index (χ4v) is 7.32. The Bertz CT molecular complexity index is 627. The van der Waals surface area contributed by atoms with Gasteiger partial charge in [0.1, 0.15) is 5.75 Å². The van der Waals surface area contributed by atoms with Crippen molar-refractivity contribution in [1.82, 2.24) is 0 Å². The molecule has 0 unspecified atom stereocenters. The van der Waals surface area contributed by atoms with Gasteiger partial charge < -0.3 is 4.74 Å². The van der Waals surface area contributed by atoms with Gasteiger partial charge in [-0.2, -0.15) is 0 Å². The smallest absolute Gasteiger partial charge is 0.118 e. The monoisotopic (exact) mass is 350 g/mol. The van der Waals surface area contributed by atoms with Gasteiger partial charge in [0, 0.05) is 0 Å². The third-order valence-electron chi connectivity index (χ3n) is 8.02. The average Bonchev–Trinajstić information content (AvgIpc) is 2.66. The summed E-state index contributed by atoms with van der Waals surface area (Å²) in [7, 11) is 1.77. The maximum atomic E-state index is 5.41. The summed E-state index contributed by atoms with van der Waals surface area (Å²) in [6, 6.07) is 8.96. The van der Waals surface area contributed by atoms with Crippen LogP contribution in [-0.2, 0) is 0 Å². The van der Waals surface area contributed by atoms with E-state index in [1.165, 1.54) is 76.2 Å². The topological polar surface area (TPSA) is 9.23 Å². The molecule has 1 nitrogen and oxygen atoms in total. The summed E-state index contributed by atoms with van der Waals surface area (Å²) in [4.78, 5) is 0. The second-order valence-corrected chi connectivity index (χ2v) is 9.94. The molecule has 5 fully saturated rings. The van der Waals surface area contributed by atoms with E-state index >= 15 is 0 Å². The van der Waals surface area contributed by atoms with Crippen LogP contribution in [0.15, 0.2) is 30.3 Å². The van der Waals surface area contributed by atoms with E-state index < -0.39 is 0 Å². The average molecular weight is 351 g/mol. The summed E-state index contributed by atoms with van der Waals surface area (Å²) in [5.74, 6) is 4.85. The number of methoxy groups -OCH3 is 1. The SMILES string of the molecule is COc1ccc(/C(=C\C23CC4CC(CC(C4)C2)C3)C2CCCCC2)cc1. The highest BCUT2D eigenvalue weighted by Gasteiger charge is 2.50. The van der Waals surface area contributed by atoms with Crippen LogP contribution in [0.3, 0.4) is 0 Å². The molecule has 6 rings (SSSR count). The lowest BCUT2D eigenvalue weighted by molar-refractivity contribution is -0.0236. The molecule has 0 heterocycles. The summed E-state index contributed by atoms with van der Waals surface area (Å²) >= 11 is 0. The van der Waals surface area contributed by atoms with Crippen molar-refractivity contribution in [3.63, 3.8) is 0 Å². The van der Waals surface area contributed by atoms with Crippen LogP contribution in [0.4, 0.5) is 0 Å². The number of rotatable bonds is 4. The molecule has 0 amide bonds. The second-order valence-electron chi connectivity index (χ2n) is 9.94. The van der Waals surface area contributed by atoms with E-state index in [1.54, 1.807) is 12.7 Å². The largest absolute Gasteiger partial charge is 0.497 e. The van der Waals surface area contributed by atoms with Crippen molar-refractivity contribution in [3.05, 3.63) is 35.9 Å². The number of ether oxygens (including phenoxy) is 1. The molecule has 0 aromatic heterocycles. The van der Waals surface area contributed by atoms with Gasteiger partial charge in [-0.15, -0.1) is 0 Å². The Morgan fingerprint density at radius 2 is 1.46 bits per heavy atom. The van der Waals surface area contributed by atoms with Gasteiger partial charge >= 0.3 is 0 Å². The van der Waals surface area contributed by atoms with Crippen molar-refractivity contribution in [2.75, 3.05) is 7.11 Å². The number of benzene rings is 1. The Morgan fingerprint density at radius 3 is 2.00 bits per heavy atom. The van der Waals surface area contributed by atoms with Gasteiger partial charge in [-0.25, -0.2) is 0 Å². The van der Waals surface area contributed by atoms with Crippen LogP contribution in [0.5, 0.6) is 5.75 Å². The molecule has 0 N–H and O–H groups in total. The van der Waals surface area contributed by atoms with E-state index in [2.05, 4.69) is 30.3 Å². The summed E-state index contributed by atoms with van der Waals surface area (Å²) in [5.41, 5.74) is 3.68. The van der Waals surface area contributed by atoms with Gasteiger partial charge in [0.15, 0.2) is 0 Å². The van der Waals surface area contributed by atoms with Crippen molar-refractivity contribution in [3.8, 4) is 5.75 Å². The molecule has 0 atom stereocenters. The van der Waals surface area contributed by atoms with Crippen LogP contribution in [0, 0.1) is 29.1 Å². The third kappa shape index (κ3) is 3.12. The standard InChI is InChI=1S/C25H34O/c1-26-23-9-7-22(8-10-23)24(21-5-3-2-4-6-21)17-25-14-18-11-19(15-25)13-20(12-18)16-25/h7-10,17-21H,2-6,11-16H2,1H3/b24-17-. The normalized spacial score (nSPS) is 37.1. The zero-order valence-corrected chi connectivity index (χ0v) is 16.4. The quantitative estimate of drug-likeness (QED) is 0.575. The maximum absolute atomic E-state index is 5.41. The second kappa shape index (κ2) is 6.73. The van der Waals surface area contributed by atoms with Gasteiger partial charge in [0.05, 0.1) is 7.11 Å². The van der Waals surface area contributed by atoms with E-state index in [9.17, 15) is 0 Å². The van der Waals surface area contributed by atoms with Crippen molar-refractivity contribution in [2.24, 2.45) is 29.1 Å². The van der Waals surface area contributed by atoms with Crippen molar-refractivity contribution >= 4 is 5.57 Å². The van der Waals surface area contributed by atoms with Gasteiger partial charge in [-0.05, 0) is 104 Å². The minimum absolute atomic E-state index is 0.529. The lowest BCUT2D eigenvalue weighted by Crippen LogP contribution is -2.45. The van der Waals surface area contributed by atoms with E-state index in [4.69, 9.17) is 4.74 Å². The summed E-state index contributed by atoms with van der Waals surface area (Å²) in [5, 5.41) is 0. The molecule has 0 aliphatic heterocycles. The molecule has 0 saturated heterocycles. The molecule has 1 heteroatoms. The molecule has 0 spiro atoms. The molecule has 1 aromatic carbocycles. The highest BCUT2D eigenvalue weighted by atomic mass is 16.5. The molecule has 140 valence electrons. The molecule has 4 bridgehead atoms. The van der Waals surface area contributed by atoms with E-state index in [0.29, 0.717) is 5.41 Å². The van der Waals surface area contributed by atoms with Gasteiger partial charge in [-0.3, -0.25) is 0 Å². The molecule has 1 aromatic rings.